The highest BCUT2D eigenvalue weighted by Gasteiger charge is 2.27. The van der Waals surface area contributed by atoms with Crippen LogP contribution in [-0.4, -0.2) is 35.4 Å². The number of hydrogen-bond donors (Lipinski definition) is 0. The van der Waals surface area contributed by atoms with E-state index in [0.717, 1.165) is 17.4 Å². The van der Waals surface area contributed by atoms with E-state index in [1.165, 1.54) is 0 Å². The normalized spacial score (nSPS) is 13.6. The SMILES string of the molecule is COc1ccc2c(c1C=O)CCN(C(=O)n1cc[n+](C)c1)C2. The fourth-order valence-corrected chi connectivity index (χ4v) is 2.86. The maximum atomic E-state index is 12.5. The summed E-state index contributed by atoms with van der Waals surface area (Å²) in [6.45, 7) is 1.09. The summed E-state index contributed by atoms with van der Waals surface area (Å²) in [5, 5.41) is 0. The second-order valence-electron chi connectivity index (χ2n) is 5.38. The van der Waals surface area contributed by atoms with Gasteiger partial charge >= 0.3 is 6.03 Å². The van der Waals surface area contributed by atoms with Gasteiger partial charge in [0, 0.05) is 13.1 Å². The lowest BCUT2D eigenvalue weighted by atomic mass is 9.94. The van der Waals surface area contributed by atoms with Crippen LogP contribution in [0, 0.1) is 0 Å². The Morgan fingerprint density at radius 1 is 1.41 bits per heavy atom. The van der Waals surface area contributed by atoms with Crippen molar-refractivity contribution < 1.29 is 18.9 Å². The number of imidazole rings is 1. The van der Waals surface area contributed by atoms with Gasteiger partial charge in [-0.1, -0.05) is 6.07 Å². The molecule has 1 aliphatic rings. The number of carbonyl (C=O) groups excluding carboxylic acids is 2. The first-order valence-electron chi connectivity index (χ1n) is 7.10. The molecule has 6 heteroatoms. The lowest BCUT2D eigenvalue weighted by Gasteiger charge is -2.28. The Hall–Kier alpha value is -2.63. The zero-order valence-corrected chi connectivity index (χ0v) is 12.7. The Bertz CT molecular complexity index is 736. The van der Waals surface area contributed by atoms with Crippen LogP contribution in [0.2, 0.25) is 0 Å². The van der Waals surface area contributed by atoms with Gasteiger partial charge in [-0.3, -0.25) is 9.69 Å². The van der Waals surface area contributed by atoms with E-state index in [-0.39, 0.29) is 6.03 Å². The summed E-state index contributed by atoms with van der Waals surface area (Å²) in [5.41, 5.74) is 2.58. The predicted octanol–water partition coefficient (Wildman–Crippen LogP) is 1.16. The minimum absolute atomic E-state index is 0.0604. The zero-order valence-electron chi connectivity index (χ0n) is 12.7. The summed E-state index contributed by atoms with van der Waals surface area (Å²) in [6, 6.07) is 3.65. The fraction of sp³-hybridized carbons (Fsp3) is 0.312. The number of benzene rings is 1. The van der Waals surface area contributed by atoms with Crippen LogP contribution in [0.4, 0.5) is 4.79 Å². The van der Waals surface area contributed by atoms with Crippen molar-refractivity contribution in [2.45, 2.75) is 13.0 Å². The van der Waals surface area contributed by atoms with E-state index in [2.05, 4.69) is 0 Å². The maximum Gasteiger partial charge on any atom is 0.416 e. The lowest BCUT2D eigenvalue weighted by molar-refractivity contribution is -0.670. The van der Waals surface area contributed by atoms with Gasteiger partial charge in [-0.25, -0.2) is 9.36 Å². The predicted molar refractivity (Wildman–Crippen MR) is 78.9 cm³/mol. The van der Waals surface area contributed by atoms with Gasteiger partial charge in [0.05, 0.1) is 19.7 Å². The van der Waals surface area contributed by atoms with Crippen molar-refractivity contribution in [3.05, 3.63) is 47.5 Å². The third-order valence-corrected chi connectivity index (χ3v) is 4.01. The van der Waals surface area contributed by atoms with Crippen molar-refractivity contribution >= 4 is 12.3 Å². The molecule has 0 atom stereocenters. The van der Waals surface area contributed by atoms with Crippen molar-refractivity contribution in [1.82, 2.24) is 9.47 Å². The van der Waals surface area contributed by atoms with Crippen molar-refractivity contribution in [2.24, 2.45) is 7.05 Å². The van der Waals surface area contributed by atoms with E-state index in [4.69, 9.17) is 4.74 Å². The topological polar surface area (TPSA) is 55.4 Å². The number of rotatable bonds is 2. The summed E-state index contributed by atoms with van der Waals surface area (Å²) in [5.74, 6) is 0.589. The molecule has 6 nitrogen and oxygen atoms in total. The number of ether oxygens (including phenoxy) is 1. The molecule has 0 bridgehead atoms. The summed E-state index contributed by atoms with van der Waals surface area (Å²) >= 11 is 0. The van der Waals surface area contributed by atoms with Crippen LogP contribution >= 0.6 is 0 Å². The molecule has 1 aliphatic heterocycles. The van der Waals surface area contributed by atoms with E-state index >= 15 is 0 Å². The van der Waals surface area contributed by atoms with Gasteiger partial charge < -0.3 is 4.74 Å². The van der Waals surface area contributed by atoms with E-state index < -0.39 is 0 Å². The Morgan fingerprint density at radius 3 is 2.86 bits per heavy atom. The van der Waals surface area contributed by atoms with E-state index in [0.29, 0.717) is 30.8 Å². The van der Waals surface area contributed by atoms with E-state index in [1.54, 1.807) is 35.2 Å². The van der Waals surface area contributed by atoms with Crippen molar-refractivity contribution in [3.63, 3.8) is 0 Å². The largest absolute Gasteiger partial charge is 0.496 e. The summed E-state index contributed by atoms with van der Waals surface area (Å²) < 4.78 is 8.62. The van der Waals surface area contributed by atoms with E-state index in [1.807, 2.05) is 23.9 Å². The Kier molecular flexibility index (Phi) is 3.66. The maximum absolute atomic E-state index is 12.5. The molecule has 0 saturated carbocycles. The number of hydrogen-bond acceptors (Lipinski definition) is 3. The molecule has 0 saturated heterocycles. The number of aldehydes is 1. The standard InChI is InChI=1S/C16H18N3O3/c1-17-7-8-19(11-17)16(21)18-6-5-13-12(9-18)3-4-15(22-2)14(13)10-20/h3-4,7-8,10-11H,5-6,9H2,1-2H3/q+1. The van der Waals surface area contributed by atoms with Gasteiger partial charge in [-0.05, 0) is 23.6 Å². The molecule has 0 N–H and O–H groups in total. The Labute approximate surface area is 128 Å². The highest BCUT2D eigenvalue weighted by molar-refractivity contribution is 5.83. The average Bonchev–Trinajstić information content (AvgIpc) is 2.98. The first-order chi connectivity index (χ1) is 10.6. The zero-order chi connectivity index (χ0) is 15.7. The summed E-state index contributed by atoms with van der Waals surface area (Å²) in [7, 11) is 3.43. The molecule has 0 radical (unpaired) electrons. The van der Waals surface area contributed by atoms with Crippen LogP contribution in [0.3, 0.4) is 0 Å². The molecular weight excluding hydrogens is 282 g/mol. The van der Waals surface area contributed by atoms with Gasteiger partial charge in [0.25, 0.3) is 6.33 Å². The molecule has 2 aromatic rings. The first-order valence-corrected chi connectivity index (χ1v) is 7.10. The molecule has 1 amide bonds. The Balaban J connectivity index is 1.88. The molecule has 3 rings (SSSR count). The molecule has 2 heterocycles. The highest BCUT2D eigenvalue weighted by atomic mass is 16.5. The monoisotopic (exact) mass is 300 g/mol. The van der Waals surface area contributed by atoms with Crippen molar-refractivity contribution in [1.29, 1.82) is 0 Å². The third kappa shape index (κ3) is 2.36. The van der Waals surface area contributed by atoms with Crippen LogP contribution < -0.4 is 9.30 Å². The molecule has 0 fully saturated rings. The summed E-state index contributed by atoms with van der Waals surface area (Å²) in [6.07, 6.45) is 6.79. The molecule has 0 spiro atoms. The number of nitrogens with zero attached hydrogens (tertiary/aromatic N) is 3. The molecule has 114 valence electrons. The number of aromatic nitrogens is 2. The van der Waals surface area contributed by atoms with Crippen LogP contribution in [0.25, 0.3) is 0 Å². The van der Waals surface area contributed by atoms with Gasteiger partial charge in [-0.15, -0.1) is 0 Å². The number of amides is 1. The summed E-state index contributed by atoms with van der Waals surface area (Å²) in [4.78, 5) is 25.6. The van der Waals surface area contributed by atoms with Crippen LogP contribution in [0.15, 0.2) is 30.9 Å². The molecule has 1 aromatic heterocycles. The number of carbonyl (C=O) groups is 2. The molecule has 0 aliphatic carbocycles. The minimum Gasteiger partial charge on any atom is -0.496 e. The molecule has 1 aromatic carbocycles. The van der Waals surface area contributed by atoms with Gasteiger partial charge in [0.15, 0.2) is 6.29 Å². The van der Waals surface area contributed by atoms with Gasteiger partial charge in [-0.2, -0.15) is 4.57 Å². The first kappa shape index (κ1) is 14.3. The minimum atomic E-state index is -0.0604. The van der Waals surface area contributed by atoms with Gasteiger partial charge in [0.2, 0.25) is 0 Å². The van der Waals surface area contributed by atoms with E-state index in [9.17, 15) is 9.59 Å². The smallest absolute Gasteiger partial charge is 0.416 e. The third-order valence-electron chi connectivity index (χ3n) is 4.01. The second kappa shape index (κ2) is 5.63. The van der Waals surface area contributed by atoms with Crippen LogP contribution in [-0.2, 0) is 20.0 Å². The Morgan fingerprint density at radius 2 is 2.23 bits per heavy atom. The number of fused-ring (bicyclic) bond motifs is 1. The second-order valence-corrected chi connectivity index (χ2v) is 5.38. The van der Waals surface area contributed by atoms with Gasteiger partial charge in [0.1, 0.15) is 18.1 Å². The van der Waals surface area contributed by atoms with Crippen molar-refractivity contribution in [2.75, 3.05) is 13.7 Å². The molecule has 0 unspecified atom stereocenters. The fourth-order valence-electron chi connectivity index (χ4n) is 2.86. The number of methoxy groups -OCH3 is 1. The average molecular weight is 300 g/mol. The number of aryl methyl sites for hydroxylation is 1. The van der Waals surface area contributed by atoms with Crippen molar-refractivity contribution in [3.8, 4) is 5.75 Å². The molecular formula is C16H18N3O3+. The highest BCUT2D eigenvalue weighted by Crippen LogP contribution is 2.28. The lowest BCUT2D eigenvalue weighted by Crippen LogP contribution is -2.39. The van der Waals surface area contributed by atoms with Crippen LogP contribution in [0.1, 0.15) is 21.5 Å². The van der Waals surface area contributed by atoms with Crippen LogP contribution in [0.5, 0.6) is 5.75 Å². The molecule has 22 heavy (non-hydrogen) atoms. The quantitative estimate of drug-likeness (QED) is 0.618.